The molecule has 2 rings (SSSR count). The fourth-order valence-corrected chi connectivity index (χ4v) is 1.80. The van der Waals surface area contributed by atoms with Crippen LogP contribution in [-0.2, 0) is 22.4 Å². The average Bonchev–Trinajstić information content (AvgIpc) is 2.78. The van der Waals surface area contributed by atoms with E-state index in [4.69, 9.17) is 4.42 Å². The zero-order valence-electron chi connectivity index (χ0n) is 10.7. The Morgan fingerprint density at radius 3 is 3.00 bits per heavy atom. The van der Waals surface area contributed by atoms with Crippen LogP contribution in [0.5, 0.6) is 0 Å². The van der Waals surface area contributed by atoms with E-state index in [9.17, 15) is 4.79 Å². The lowest BCUT2D eigenvalue weighted by Crippen LogP contribution is -2.04. The second-order valence-corrected chi connectivity index (χ2v) is 4.27. The maximum atomic E-state index is 11.2. The molecular formula is C14H17NO3. The number of hydrogen-bond acceptors (Lipinski definition) is 4. The summed E-state index contributed by atoms with van der Waals surface area (Å²) in [6, 6.07) is 5.61. The molecule has 0 saturated carbocycles. The Morgan fingerprint density at radius 1 is 1.44 bits per heavy atom. The molecule has 1 heterocycles. The highest BCUT2D eigenvalue weighted by Crippen LogP contribution is 2.18. The maximum Gasteiger partial charge on any atom is 0.309 e. The third-order valence-corrected chi connectivity index (χ3v) is 2.82. The molecule has 2 aromatic rings. The van der Waals surface area contributed by atoms with Crippen LogP contribution in [0.3, 0.4) is 0 Å². The minimum Gasteiger partial charge on any atom is -0.469 e. The van der Waals surface area contributed by atoms with Crippen LogP contribution in [0.2, 0.25) is 0 Å². The molecule has 1 aromatic carbocycles. The van der Waals surface area contributed by atoms with Crippen LogP contribution in [0.1, 0.15) is 31.2 Å². The van der Waals surface area contributed by atoms with Gasteiger partial charge in [0.25, 0.3) is 0 Å². The topological polar surface area (TPSA) is 52.3 Å². The molecule has 0 aliphatic carbocycles. The molecule has 0 bridgehead atoms. The van der Waals surface area contributed by atoms with Gasteiger partial charge in [-0.1, -0.05) is 19.4 Å². The van der Waals surface area contributed by atoms with E-state index in [-0.39, 0.29) is 12.4 Å². The monoisotopic (exact) mass is 247 g/mol. The molecule has 0 radical (unpaired) electrons. The van der Waals surface area contributed by atoms with Crippen molar-refractivity contribution in [1.29, 1.82) is 0 Å². The van der Waals surface area contributed by atoms with E-state index in [2.05, 4.69) is 16.6 Å². The number of carbonyl (C=O) groups is 1. The minimum absolute atomic E-state index is 0.246. The Bertz CT molecular complexity index is 545. The molecule has 96 valence electrons. The number of rotatable bonds is 5. The van der Waals surface area contributed by atoms with Crippen LogP contribution < -0.4 is 0 Å². The Hall–Kier alpha value is -1.84. The third-order valence-electron chi connectivity index (χ3n) is 2.82. The zero-order valence-corrected chi connectivity index (χ0v) is 10.7. The molecule has 0 N–H and O–H groups in total. The van der Waals surface area contributed by atoms with Crippen molar-refractivity contribution in [1.82, 2.24) is 4.98 Å². The number of carbonyl (C=O) groups excluding carboxylic acids is 1. The molecule has 0 atom stereocenters. The Balaban J connectivity index is 2.19. The second-order valence-electron chi connectivity index (χ2n) is 4.27. The predicted octanol–water partition coefficient (Wildman–Crippen LogP) is 2.89. The first-order valence-electron chi connectivity index (χ1n) is 6.18. The summed E-state index contributed by atoms with van der Waals surface area (Å²) in [5.74, 6) is 0.520. The van der Waals surface area contributed by atoms with Crippen LogP contribution >= 0.6 is 0 Å². The molecular weight excluding hydrogens is 230 g/mol. The van der Waals surface area contributed by atoms with Crippen molar-refractivity contribution in [2.75, 3.05) is 7.11 Å². The summed E-state index contributed by atoms with van der Waals surface area (Å²) in [4.78, 5) is 15.6. The van der Waals surface area contributed by atoms with E-state index < -0.39 is 0 Å². The summed E-state index contributed by atoms with van der Waals surface area (Å²) in [6.07, 6.45) is 3.31. The fourth-order valence-electron chi connectivity index (χ4n) is 1.80. The normalized spacial score (nSPS) is 10.8. The highest BCUT2D eigenvalue weighted by molar-refractivity contribution is 5.77. The minimum atomic E-state index is -0.246. The van der Waals surface area contributed by atoms with Gasteiger partial charge in [0.05, 0.1) is 13.5 Å². The number of aromatic nitrogens is 1. The average molecular weight is 247 g/mol. The van der Waals surface area contributed by atoms with Gasteiger partial charge in [0.15, 0.2) is 11.5 Å². The summed E-state index contributed by atoms with van der Waals surface area (Å²) in [5.41, 5.74) is 2.47. The van der Waals surface area contributed by atoms with Crippen molar-refractivity contribution in [3.8, 4) is 0 Å². The van der Waals surface area contributed by atoms with E-state index >= 15 is 0 Å². The molecule has 18 heavy (non-hydrogen) atoms. The smallest absolute Gasteiger partial charge is 0.309 e. The molecule has 4 nitrogen and oxygen atoms in total. The number of ether oxygens (including phenoxy) is 1. The number of fused-ring (bicyclic) bond motifs is 1. The van der Waals surface area contributed by atoms with Crippen molar-refractivity contribution in [2.24, 2.45) is 0 Å². The molecule has 4 heteroatoms. The molecule has 0 saturated heterocycles. The van der Waals surface area contributed by atoms with E-state index in [0.29, 0.717) is 0 Å². The lowest BCUT2D eigenvalue weighted by Gasteiger charge is -1.98. The Labute approximate surface area is 106 Å². The van der Waals surface area contributed by atoms with Gasteiger partial charge < -0.3 is 9.15 Å². The van der Waals surface area contributed by atoms with E-state index in [1.165, 1.54) is 7.11 Å². The number of nitrogens with zero attached hydrogens (tertiary/aromatic N) is 1. The van der Waals surface area contributed by atoms with Gasteiger partial charge in [-0.05, 0) is 24.1 Å². The Morgan fingerprint density at radius 2 is 2.28 bits per heavy atom. The van der Waals surface area contributed by atoms with Crippen LogP contribution in [0.25, 0.3) is 11.1 Å². The number of unbranched alkanes of at least 4 members (excludes halogenated alkanes) is 1. The number of benzene rings is 1. The quantitative estimate of drug-likeness (QED) is 0.762. The van der Waals surface area contributed by atoms with E-state index in [0.717, 1.165) is 41.8 Å². The molecule has 0 aliphatic rings. The van der Waals surface area contributed by atoms with Crippen LogP contribution in [0.15, 0.2) is 22.6 Å². The number of aryl methyl sites for hydroxylation is 1. The number of esters is 1. The van der Waals surface area contributed by atoms with Crippen molar-refractivity contribution >= 4 is 17.1 Å². The lowest BCUT2D eigenvalue weighted by atomic mass is 10.1. The van der Waals surface area contributed by atoms with Gasteiger partial charge in [0, 0.05) is 6.42 Å². The molecule has 0 unspecified atom stereocenters. The van der Waals surface area contributed by atoms with Crippen molar-refractivity contribution < 1.29 is 13.9 Å². The molecule has 0 amide bonds. The van der Waals surface area contributed by atoms with Crippen molar-refractivity contribution in [2.45, 2.75) is 32.6 Å². The SMILES string of the molecule is CCCCc1nc2cc(CC(=O)OC)ccc2o1. The van der Waals surface area contributed by atoms with Crippen LogP contribution in [0, 0.1) is 0 Å². The first-order valence-corrected chi connectivity index (χ1v) is 6.18. The van der Waals surface area contributed by atoms with E-state index in [1.54, 1.807) is 0 Å². The second kappa shape index (κ2) is 5.67. The van der Waals surface area contributed by atoms with Gasteiger partial charge in [0.2, 0.25) is 0 Å². The molecule has 0 spiro atoms. The first-order chi connectivity index (χ1) is 8.72. The summed E-state index contributed by atoms with van der Waals surface area (Å²) >= 11 is 0. The largest absolute Gasteiger partial charge is 0.469 e. The standard InChI is InChI=1S/C14H17NO3/c1-3-4-5-13-15-11-8-10(9-14(16)17-2)6-7-12(11)18-13/h6-8H,3-5,9H2,1-2H3. The first kappa shape index (κ1) is 12.6. The van der Waals surface area contributed by atoms with E-state index in [1.807, 2.05) is 18.2 Å². The lowest BCUT2D eigenvalue weighted by molar-refractivity contribution is -0.139. The van der Waals surface area contributed by atoms with Gasteiger partial charge in [-0.15, -0.1) is 0 Å². The highest BCUT2D eigenvalue weighted by atomic mass is 16.5. The van der Waals surface area contributed by atoms with Crippen LogP contribution in [-0.4, -0.2) is 18.1 Å². The predicted molar refractivity (Wildman–Crippen MR) is 68.3 cm³/mol. The third kappa shape index (κ3) is 2.88. The van der Waals surface area contributed by atoms with Crippen LogP contribution in [0.4, 0.5) is 0 Å². The summed E-state index contributed by atoms with van der Waals surface area (Å²) in [7, 11) is 1.39. The van der Waals surface area contributed by atoms with Gasteiger partial charge in [-0.25, -0.2) is 4.98 Å². The van der Waals surface area contributed by atoms with Gasteiger partial charge in [-0.2, -0.15) is 0 Å². The zero-order chi connectivity index (χ0) is 13.0. The van der Waals surface area contributed by atoms with Gasteiger partial charge >= 0.3 is 5.97 Å². The summed E-state index contributed by atoms with van der Waals surface area (Å²) in [6.45, 7) is 2.14. The van der Waals surface area contributed by atoms with Gasteiger partial charge in [0.1, 0.15) is 5.52 Å². The maximum absolute atomic E-state index is 11.2. The Kier molecular flexibility index (Phi) is 3.97. The summed E-state index contributed by atoms with van der Waals surface area (Å²) in [5, 5.41) is 0. The summed E-state index contributed by atoms with van der Waals surface area (Å²) < 4.78 is 10.3. The van der Waals surface area contributed by atoms with Crippen molar-refractivity contribution in [3.63, 3.8) is 0 Å². The molecule has 0 fully saturated rings. The molecule has 0 aliphatic heterocycles. The number of hydrogen-bond donors (Lipinski definition) is 0. The van der Waals surface area contributed by atoms with Crippen molar-refractivity contribution in [3.05, 3.63) is 29.7 Å². The highest BCUT2D eigenvalue weighted by Gasteiger charge is 2.08. The molecule has 1 aromatic heterocycles. The fraction of sp³-hybridized carbons (Fsp3) is 0.429. The number of oxazole rings is 1. The number of methoxy groups -OCH3 is 1. The van der Waals surface area contributed by atoms with Gasteiger partial charge in [-0.3, -0.25) is 4.79 Å².